The lowest BCUT2D eigenvalue weighted by molar-refractivity contribution is -0.139. The van der Waals surface area contributed by atoms with Gasteiger partial charge < -0.3 is 14.2 Å². The summed E-state index contributed by atoms with van der Waals surface area (Å²) < 4.78 is 19.4. The van der Waals surface area contributed by atoms with E-state index in [1.807, 2.05) is 83.2 Å². The predicted molar refractivity (Wildman–Crippen MR) is 168 cm³/mol. The summed E-state index contributed by atoms with van der Waals surface area (Å²) in [6, 6.07) is 17.8. The van der Waals surface area contributed by atoms with Gasteiger partial charge in [0.25, 0.3) is 0 Å². The molecular formula is C36H43NO6. The minimum atomic E-state index is -0.736. The number of carbonyl (C=O) groups excluding carboxylic acids is 3. The van der Waals surface area contributed by atoms with Crippen LogP contribution in [0.5, 0.6) is 0 Å². The first kappa shape index (κ1) is 31.8. The Morgan fingerprint density at radius 3 is 2.09 bits per heavy atom. The first-order chi connectivity index (χ1) is 20.1. The number of allylic oxidation sites excluding steroid dienone is 3. The lowest BCUT2D eigenvalue weighted by atomic mass is 9.66. The van der Waals surface area contributed by atoms with E-state index in [4.69, 9.17) is 14.2 Å². The van der Waals surface area contributed by atoms with Gasteiger partial charge in [0.05, 0.1) is 5.52 Å². The second kappa shape index (κ2) is 12.2. The predicted octanol–water partition coefficient (Wildman–Crippen LogP) is 8.56. The van der Waals surface area contributed by atoms with E-state index in [0.717, 1.165) is 27.8 Å². The molecule has 1 aliphatic rings. The summed E-state index contributed by atoms with van der Waals surface area (Å²) in [6.45, 7) is 16.3. The maximum Gasteiger partial charge on any atom is 0.419 e. The van der Waals surface area contributed by atoms with E-state index >= 15 is 0 Å². The second-order valence-corrected chi connectivity index (χ2v) is 13.1. The van der Waals surface area contributed by atoms with Crippen molar-refractivity contribution in [3.63, 3.8) is 0 Å². The van der Waals surface area contributed by atoms with Gasteiger partial charge in [0, 0.05) is 48.2 Å². The normalized spacial score (nSPS) is 17.7. The summed E-state index contributed by atoms with van der Waals surface area (Å²) in [6.07, 6.45) is 2.37. The van der Waals surface area contributed by atoms with Gasteiger partial charge in [-0.1, -0.05) is 62.4 Å². The van der Waals surface area contributed by atoms with E-state index in [9.17, 15) is 14.4 Å². The van der Waals surface area contributed by atoms with Crippen LogP contribution in [0.4, 0.5) is 4.79 Å². The number of hydrogen-bond acceptors (Lipinski definition) is 6. The van der Waals surface area contributed by atoms with Gasteiger partial charge in [0.2, 0.25) is 0 Å². The number of fused-ring (bicyclic) bond motifs is 3. The quantitative estimate of drug-likeness (QED) is 0.164. The Labute approximate surface area is 254 Å². The van der Waals surface area contributed by atoms with Crippen molar-refractivity contribution in [3.05, 3.63) is 88.5 Å². The van der Waals surface area contributed by atoms with Crippen LogP contribution in [0.15, 0.2) is 71.7 Å². The maximum absolute atomic E-state index is 14.1. The van der Waals surface area contributed by atoms with Crippen LogP contribution in [-0.4, -0.2) is 28.2 Å². The fourth-order valence-electron chi connectivity index (χ4n) is 6.04. The minimum absolute atomic E-state index is 0.197. The van der Waals surface area contributed by atoms with Gasteiger partial charge in [-0.25, -0.2) is 9.36 Å². The summed E-state index contributed by atoms with van der Waals surface area (Å²) in [5.41, 5.74) is 2.76. The van der Waals surface area contributed by atoms with Crippen LogP contribution in [0.25, 0.3) is 17.0 Å². The Bertz CT molecular complexity index is 1600. The van der Waals surface area contributed by atoms with Crippen LogP contribution in [0.2, 0.25) is 0 Å². The lowest BCUT2D eigenvalue weighted by Crippen LogP contribution is -2.36. The Morgan fingerprint density at radius 2 is 1.51 bits per heavy atom. The van der Waals surface area contributed by atoms with E-state index < -0.39 is 29.0 Å². The van der Waals surface area contributed by atoms with Crippen molar-refractivity contribution in [2.75, 3.05) is 0 Å². The molecule has 2 aromatic carbocycles. The first-order valence-electron chi connectivity index (χ1n) is 14.8. The molecule has 0 spiro atoms. The Hall–Kier alpha value is -4.13. The largest absolute Gasteiger partial charge is 0.443 e. The molecule has 1 heterocycles. The molecule has 1 aliphatic carbocycles. The number of carbonyl (C=O) groups is 3. The van der Waals surface area contributed by atoms with E-state index in [2.05, 4.69) is 26.0 Å². The molecule has 0 radical (unpaired) electrons. The van der Waals surface area contributed by atoms with Crippen LogP contribution in [0.3, 0.4) is 0 Å². The van der Waals surface area contributed by atoms with Gasteiger partial charge in [0.1, 0.15) is 17.1 Å². The number of nitrogens with zero attached hydrogens (tertiary/aromatic N) is 1. The van der Waals surface area contributed by atoms with Gasteiger partial charge in [-0.2, -0.15) is 0 Å². The number of hydrogen-bond donors (Lipinski definition) is 0. The fraction of sp³-hybridized carbons (Fsp3) is 0.417. The molecule has 2 atom stereocenters. The number of aromatic nitrogens is 1. The number of esters is 2. The molecular weight excluding hydrogens is 542 g/mol. The Balaban J connectivity index is 2.12. The average molecular weight is 586 g/mol. The average Bonchev–Trinajstić information content (AvgIpc) is 3.19. The molecule has 0 unspecified atom stereocenters. The van der Waals surface area contributed by atoms with Gasteiger partial charge >= 0.3 is 18.0 Å². The maximum atomic E-state index is 14.1. The molecule has 4 rings (SSSR count). The molecule has 3 aromatic rings. The molecule has 1 aromatic heterocycles. The monoisotopic (exact) mass is 585 g/mol. The van der Waals surface area contributed by atoms with Crippen LogP contribution >= 0.6 is 0 Å². The molecule has 43 heavy (non-hydrogen) atoms. The summed E-state index contributed by atoms with van der Waals surface area (Å²) in [4.78, 5) is 38.8. The molecule has 228 valence electrons. The van der Waals surface area contributed by atoms with E-state index in [1.54, 1.807) is 4.57 Å². The molecule has 7 nitrogen and oxygen atoms in total. The zero-order valence-electron chi connectivity index (χ0n) is 26.7. The van der Waals surface area contributed by atoms with E-state index in [1.165, 1.54) is 13.8 Å². The third kappa shape index (κ3) is 6.93. The van der Waals surface area contributed by atoms with Crippen molar-refractivity contribution in [3.8, 4) is 0 Å². The van der Waals surface area contributed by atoms with Crippen LogP contribution in [0.1, 0.15) is 91.5 Å². The Morgan fingerprint density at radius 1 is 0.884 bits per heavy atom. The van der Waals surface area contributed by atoms with Gasteiger partial charge in [-0.05, 0) is 70.2 Å². The second-order valence-electron chi connectivity index (χ2n) is 13.1. The molecule has 0 fully saturated rings. The van der Waals surface area contributed by atoms with Crippen molar-refractivity contribution in [2.24, 2.45) is 11.3 Å². The molecule has 0 amide bonds. The van der Waals surface area contributed by atoms with Crippen molar-refractivity contribution >= 4 is 35.0 Å². The number of ether oxygens (including phenoxy) is 3. The van der Waals surface area contributed by atoms with E-state index in [-0.39, 0.29) is 11.8 Å². The third-order valence-corrected chi connectivity index (χ3v) is 7.98. The van der Waals surface area contributed by atoms with Crippen molar-refractivity contribution in [1.82, 2.24) is 4.57 Å². The first-order valence-corrected chi connectivity index (χ1v) is 14.8. The molecule has 0 saturated carbocycles. The minimum Gasteiger partial charge on any atom is -0.443 e. The number of benzene rings is 2. The highest BCUT2D eigenvalue weighted by molar-refractivity contribution is 5.98. The van der Waals surface area contributed by atoms with Gasteiger partial charge in [0.15, 0.2) is 0 Å². The molecule has 0 N–H and O–H groups in total. The van der Waals surface area contributed by atoms with Crippen LogP contribution in [-0.2, 0) is 30.2 Å². The number of rotatable bonds is 6. The zero-order valence-corrected chi connectivity index (χ0v) is 26.7. The summed E-state index contributed by atoms with van der Waals surface area (Å²) >= 11 is 0. The van der Waals surface area contributed by atoms with E-state index in [0.29, 0.717) is 29.9 Å². The standard InChI is InChI=1S/C36H43NO6/c1-22(2)31(41-23(3)38)20-28-29(19-25-15-11-10-12-16-25)36(8,9)32(42-24(4)39)21-27-26-17-13-14-18-30(26)37(33(27)28)34(40)43-35(5,6)7/h10-18,21,28-29H,19-20H2,1-9H3/t28-,29-/m1/s1. The van der Waals surface area contributed by atoms with Crippen molar-refractivity contribution < 1.29 is 28.6 Å². The smallest absolute Gasteiger partial charge is 0.419 e. The fourth-order valence-corrected chi connectivity index (χ4v) is 6.04. The van der Waals surface area contributed by atoms with Crippen LogP contribution < -0.4 is 0 Å². The molecule has 0 aliphatic heterocycles. The van der Waals surface area contributed by atoms with Crippen LogP contribution in [0, 0.1) is 11.3 Å². The Kier molecular flexibility index (Phi) is 9.05. The zero-order chi connectivity index (χ0) is 31.7. The molecule has 7 heteroatoms. The summed E-state index contributed by atoms with van der Waals surface area (Å²) in [5, 5.41) is 0.834. The molecule has 0 bridgehead atoms. The third-order valence-electron chi connectivity index (χ3n) is 7.98. The topological polar surface area (TPSA) is 83.8 Å². The molecule has 0 saturated heterocycles. The SMILES string of the molecule is CC(=O)OC1=Cc2c(n(C(=O)OC(C)(C)C)c3ccccc23)[C@H](CC(OC(C)=O)=C(C)C)[C@@H](Cc2ccccc2)C1(C)C. The van der Waals surface area contributed by atoms with Gasteiger partial charge in [-0.15, -0.1) is 0 Å². The highest BCUT2D eigenvalue weighted by Gasteiger charge is 2.46. The highest BCUT2D eigenvalue weighted by Crippen LogP contribution is 2.53. The van der Waals surface area contributed by atoms with Crippen molar-refractivity contribution in [1.29, 1.82) is 0 Å². The summed E-state index contributed by atoms with van der Waals surface area (Å²) in [5.74, 6) is -0.304. The van der Waals surface area contributed by atoms with Gasteiger partial charge in [-0.3, -0.25) is 9.59 Å². The lowest BCUT2D eigenvalue weighted by Gasteiger charge is -2.40. The number of para-hydroxylation sites is 1. The van der Waals surface area contributed by atoms with Crippen molar-refractivity contribution in [2.45, 2.75) is 86.7 Å². The highest BCUT2D eigenvalue weighted by atomic mass is 16.6. The summed E-state index contributed by atoms with van der Waals surface area (Å²) in [7, 11) is 0.